The highest BCUT2D eigenvalue weighted by Crippen LogP contribution is 2.17. The zero-order valence-corrected chi connectivity index (χ0v) is 17.5. The Balaban J connectivity index is 2.18. The first-order valence-electron chi connectivity index (χ1n) is 8.82. The molecular formula is C22H22ClN3O3. The van der Waals surface area contributed by atoms with Gasteiger partial charge in [0.15, 0.2) is 5.71 Å². The van der Waals surface area contributed by atoms with Gasteiger partial charge in [0.25, 0.3) is 5.91 Å². The van der Waals surface area contributed by atoms with Crippen molar-refractivity contribution in [3.63, 3.8) is 0 Å². The number of carbonyl (C=O) groups excluding carboxylic acids is 1. The highest BCUT2D eigenvalue weighted by molar-refractivity contribution is 6.45. The molecule has 0 aliphatic carbocycles. The number of oxime groups is 2. The third kappa shape index (κ3) is 6.37. The largest absolute Gasteiger partial charge is 0.398 e. The molecule has 29 heavy (non-hydrogen) atoms. The van der Waals surface area contributed by atoms with Gasteiger partial charge in [0.05, 0.1) is 0 Å². The molecular weight excluding hydrogens is 390 g/mol. The molecule has 0 aliphatic rings. The van der Waals surface area contributed by atoms with Crippen molar-refractivity contribution >= 4 is 28.9 Å². The van der Waals surface area contributed by atoms with Crippen molar-refractivity contribution < 1.29 is 14.5 Å². The van der Waals surface area contributed by atoms with Gasteiger partial charge in [0.2, 0.25) is 0 Å². The minimum Gasteiger partial charge on any atom is -0.398 e. The summed E-state index contributed by atoms with van der Waals surface area (Å²) in [5.74, 6) is 5.57. The lowest BCUT2D eigenvalue weighted by Crippen LogP contribution is -2.29. The molecule has 0 spiro atoms. The number of halogens is 1. The van der Waals surface area contributed by atoms with Gasteiger partial charge in [-0.25, -0.2) is 0 Å². The number of likely N-dealkylation sites (N-methyl/N-ethyl adjacent to an activating group) is 1. The topological polar surface area (TPSA) is 72.3 Å². The number of nitrogens with zero attached hydrogens (tertiary/aromatic N) is 2. The average Bonchev–Trinajstić information content (AvgIpc) is 2.72. The lowest BCUT2D eigenvalue weighted by molar-refractivity contribution is -0.114. The molecule has 7 heteroatoms. The maximum Gasteiger partial charge on any atom is 0.273 e. The van der Waals surface area contributed by atoms with E-state index in [-0.39, 0.29) is 18.2 Å². The van der Waals surface area contributed by atoms with Crippen LogP contribution in [-0.2, 0) is 21.1 Å². The van der Waals surface area contributed by atoms with Gasteiger partial charge in [0, 0.05) is 28.8 Å². The van der Waals surface area contributed by atoms with Crippen LogP contribution in [0.2, 0.25) is 5.02 Å². The van der Waals surface area contributed by atoms with Gasteiger partial charge < -0.3 is 15.0 Å². The highest BCUT2D eigenvalue weighted by atomic mass is 35.5. The molecule has 0 atom stereocenters. The number of amides is 1. The Morgan fingerprint density at radius 2 is 1.90 bits per heavy atom. The molecule has 1 amide bonds. The maximum atomic E-state index is 12.2. The molecule has 0 saturated carbocycles. The average molecular weight is 412 g/mol. The fourth-order valence-electron chi connectivity index (χ4n) is 2.45. The van der Waals surface area contributed by atoms with Crippen molar-refractivity contribution in [3.8, 4) is 11.8 Å². The number of hydrogen-bond donors (Lipinski definition) is 1. The summed E-state index contributed by atoms with van der Waals surface area (Å²) in [6.45, 7) is 3.83. The number of carbonyl (C=O) groups is 1. The molecule has 0 aromatic heterocycles. The van der Waals surface area contributed by atoms with Crippen LogP contribution in [0.1, 0.15) is 29.2 Å². The summed E-state index contributed by atoms with van der Waals surface area (Å²) >= 11 is 5.86. The molecule has 2 aromatic carbocycles. The van der Waals surface area contributed by atoms with Crippen LogP contribution >= 0.6 is 11.6 Å². The third-order valence-electron chi connectivity index (χ3n) is 3.93. The molecule has 1 N–H and O–H groups in total. The summed E-state index contributed by atoms with van der Waals surface area (Å²) in [5.41, 5.74) is 3.86. The lowest BCUT2D eigenvalue weighted by Gasteiger charge is -2.12. The molecule has 0 unspecified atom stereocenters. The van der Waals surface area contributed by atoms with Gasteiger partial charge in [-0.15, -0.1) is 0 Å². The molecule has 0 aliphatic heterocycles. The van der Waals surface area contributed by atoms with Crippen LogP contribution in [-0.4, -0.2) is 31.5 Å². The summed E-state index contributed by atoms with van der Waals surface area (Å²) in [5, 5.41) is 11.1. The Morgan fingerprint density at radius 3 is 2.55 bits per heavy atom. The van der Waals surface area contributed by atoms with Crippen LogP contribution in [0.25, 0.3) is 0 Å². The molecule has 6 nitrogen and oxygen atoms in total. The van der Waals surface area contributed by atoms with Crippen molar-refractivity contribution in [1.82, 2.24) is 5.32 Å². The van der Waals surface area contributed by atoms with E-state index in [9.17, 15) is 4.79 Å². The fourth-order valence-corrected chi connectivity index (χ4v) is 2.58. The molecule has 2 aromatic rings. The fraction of sp³-hybridized carbons (Fsp3) is 0.227. The van der Waals surface area contributed by atoms with Gasteiger partial charge >= 0.3 is 0 Å². The van der Waals surface area contributed by atoms with E-state index in [4.69, 9.17) is 21.3 Å². The smallest absolute Gasteiger partial charge is 0.273 e. The first-order chi connectivity index (χ1) is 14.0. The Morgan fingerprint density at radius 1 is 1.17 bits per heavy atom. The van der Waals surface area contributed by atoms with E-state index in [1.165, 1.54) is 14.2 Å². The number of rotatable bonds is 6. The second kappa shape index (κ2) is 10.9. The van der Waals surface area contributed by atoms with Crippen molar-refractivity contribution in [1.29, 1.82) is 0 Å². The van der Waals surface area contributed by atoms with E-state index in [2.05, 4.69) is 27.5 Å². The third-order valence-corrected chi connectivity index (χ3v) is 4.18. The summed E-state index contributed by atoms with van der Waals surface area (Å²) in [6.07, 6.45) is 0. The Labute approximate surface area is 175 Å². The summed E-state index contributed by atoms with van der Waals surface area (Å²) in [7, 11) is 2.93. The quantitative estimate of drug-likeness (QED) is 0.447. The summed E-state index contributed by atoms with van der Waals surface area (Å²) < 4.78 is 0. The Bertz CT molecular complexity index is 987. The van der Waals surface area contributed by atoms with Gasteiger partial charge in [-0.1, -0.05) is 46.0 Å². The molecule has 150 valence electrons. The van der Waals surface area contributed by atoms with Gasteiger partial charge in [-0.05, 0) is 49.6 Å². The van der Waals surface area contributed by atoms with E-state index in [0.717, 1.165) is 16.7 Å². The standard InChI is InChI=1S/C22H22ClN3O3/c1-15-6-5-7-19(21(26-28-4)22(27)24-3)20(15)14-29-25-16(2)8-9-17-10-12-18(23)13-11-17/h5-7,10-13H,14H2,1-4H3,(H,24,27)/b25-16+,26-21+. The van der Waals surface area contributed by atoms with Crippen molar-refractivity contribution in [2.75, 3.05) is 14.2 Å². The van der Waals surface area contributed by atoms with Gasteiger partial charge in [0.1, 0.15) is 19.4 Å². The van der Waals surface area contributed by atoms with E-state index in [1.54, 1.807) is 25.1 Å². The van der Waals surface area contributed by atoms with Gasteiger partial charge in [-0.2, -0.15) is 0 Å². The molecule has 0 saturated heterocycles. The highest BCUT2D eigenvalue weighted by Gasteiger charge is 2.19. The SMILES string of the molecule is CNC(=O)/C(=N/OC)c1cccc(C)c1CO/N=C(\C)C#Cc1ccc(Cl)cc1. The molecule has 0 bridgehead atoms. The summed E-state index contributed by atoms with van der Waals surface area (Å²) in [6, 6.07) is 12.8. The van der Waals surface area contributed by atoms with Crippen molar-refractivity contribution in [2.45, 2.75) is 20.5 Å². The van der Waals surface area contributed by atoms with Crippen LogP contribution in [0.15, 0.2) is 52.8 Å². The predicted molar refractivity (Wildman–Crippen MR) is 115 cm³/mol. The zero-order valence-electron chi connectivity index (χ0n) is 16.7. The van der Waals surface area contributed by atoms with Crippen molar-refractivity contribution in [2.24, 2.45) is 10.3 Å². The first-order valence-corrected chi connectivity index (χ1v) is 9.20. The monoisotopic (exact) mass is 411 g/mol. The van der Waals surface area contributed by atoms with Crippen LogP contribution in [0.5, 0.6) is 0 Å². The normalized spacial score (nSPS) is 11.3. The zero-order chi connectivity index (χ0) is 21.2. The Hall–Kier alpha value is -3.30. The minimum absolute atomic E-state index is 0.154. The van der Waals surface area contributed by atoms with E-state index in [0.29, 0.717) is 16.3 Å². The molecule has 2 rings (SSSR count). The summed E-state index contributed by atoms with van der Waals surface area (Å²) in [4.78, 5) is 22.5. The lowest BCUT2D eigenvalue weighted by atomic mass is 9.98. The van der Waals surface area contributed by atoms with Gasteiger partial charge in [-0.3, -0.25) is 4.79 Å². The molecule has 0 heterocycles. The maximum absolute atomic E-state index is 12.2. The number of aryl methyl sites for hydroxylation is 1. The number of benzene rings is 2. The minimum atomic E-state index is -0.354. The van der Waals surface area contributed by atoms with Crippen LogP contribution in [0, 0.1) is 18.8 Å². The number of hydrogen-bond acceptors (Lipinski definition) is 5. The van der Waals surface area contributed by atoms with Crippen LogP contribution in [0.4, 0.5) is 0 Å². The molecule has 0 radical (unpaired) electrons. The van der Waals surface area contributed by atoms with E-state index < -0.39 is 0 Å². The van der Waals surface area contributed by atoms with Crippen LogP contribution < -0.4 is 5.32 Å². The number of nitrogens with one attached hydrogen (secondary N) is 1. The Kier molecular flexibility index (Phi) is 8.26. The second-order valence-electron chi connectivity index (χ2n) is 6.01. The predicted octanol–water partition coefficient (Wildman–Crippen LogP) is 3.69. The first kappa shape index (κ1) is 22.0. The van der Waals surface area contributed by atoms with Crippen molar-refractivity contribution in [3.05, 3.63) is 69.7 Å². The van der Waals surface area contributed by atoms with E-state index in [1.807, 2.05) is 31.2 Å². The van der Waals surface area contributed by atoms with E-state index >= 15 is 0 Å². The molecule has 0 fully saturated rings. The van der Waals surface area contributed by atoms with Crippen LogP contribution in [0.3, 0.4) is 0 Å². The second-order valence-corrected chi connectivity index (χ2v) is 6.45.